The first-order valence-corrected chi connectivity index (χ1v) is 10.4. The summed E-state index contributed by atoms with van der Waals surface area (Å²) in [5, 5.41) is -0.972. The van der Waals surface area contributed by atoms with Crippen LogP contribution in [0, 0.1) is 11.3 Å². The maximum Gasteiger partial charge on any atom is 0.244 e. The monoisotopic (exact) mass is 498 g/mol. The molecule has 2 heterocycles. The average molecular weight is 502 g/mol. The summed E-state index contributed by atoms with van der Waals surface area (Å²) >= 11 is 48.3. The normalized spacial score (nSPS) is 45.8. The molecule has 3 rings (SSSR count). The van der Waals surface area contributed by atoms with E-state index >= 15 is 0 Å². The van der Waals surface area contributed by atoms with Crippen molar-refractivity contribution in [3.63, 3.8) is 0 Å². The second kappa shape index (κ2) is 6.62. The lowest BCUT2D eigenvalue weighted by Crippen LogP contribution is -2.83. The van der Waals surface area contributed by atoms with Gasteiger partial charge in [-0.05, 0) is 25.2 Å². The Bertz CT molecular complexity index is 506. The number of ether oxygens (including phenoxy) is 3. The van der Waals surface area contributed by atoms with Gasteiger partial charge < -0.3 is 14.2 Å². The van der Waals surface area contributed by atoms with Gasteiger partial charge in [-0.25, -0.2) is 0 Å². The Hall–Kier alpha value is 2.20. The maximum atomic E-state index is 6.23. The van der Waals surface area contributed by atoms with E-state index in [-0.39, 0.29) is 18.1 Å². The number of hydrogen-bond acceptors (Lipinski definition) is 3. The molecule has 3 nitrogen and oxygen atoms in total. The lowest BCUT2D eigenvalue weighted by molar-refractivity contribution is -0.485. The van der Waals surface area contributed by atoms with Crippen molar-refractivity contribution >= 4 is 92.8 Å². The number of halogens is 8. The highest BCUT2D eigenvalue weighted by Gasteiger charge is 2.81. The Kier molecular flexibility index (Phi) is 5.77. The van der Waals surface area contributed by atoms with Crippen molar-refractivity contribution < 1.29 is 14.2 Å². The largest absolute Gasteiger partial charge is 0.343 e. The van der Waals surface area contributed by atoms with Crippen LogP contribution in [0.4, 0.5) is 0 Å². The lowest BCUT2D eigenvalue weighted by atomic mass is 9.54. The molecular formula is C13H14Cl8O3. The Morgan fingerprint density at radius 1 is 1.04 bits per heavy atom. The standard InChI is InChI=1S/C13H14Cl8O3/c1-10-5-2-3-6(22-9(14)15)8(10)24-12(10,13(19,20)21)23-7(4-5)11(16,17)18/h5-9H,2-4H2,1H3/t5-,6-,7+,8+,10-,12-/m0/s1. The molecule has 6 atom stereocenters. The molecule has 140 valence electrons. The summed E-state index contributed by atoms with van der Waals surface area (Å²) in [5.41, 5.74) is -0.643. The third kappa shape index (κ3) is 3.06. The molecule has 0 aromatic rings. The van der Waals surface area contributed by atoms with E-state index in [1.54, 1.807) is 0 Å². The van der Waals surface area contributed by atoms with Gasteiger partial charge >= 0.3 is 0 Å². The van der Waals surface area contributed by atoms with E-state index in [0.29, 0.717) is 12.8 Å². The Balaban J connectivity index is 1.97. The van der Waals surface area contributed by atoms with Crippen molar-refractivity contribution in [3.05, 3.63) is 0 Å². The minimum absolute atomic E-state index is 0.0604. The molecule has 0 aromatic heterocycles. The van der Waals surface area contributed by atoms with Crippen LogP contribution in [-0.4, -0.2) is 36.7 Å². The van der Waals surface area contributed by atoms with Crippen molar-refractivity contribution in [2.45, 2.75) is 62.9 Å². The molecule has 0 radical (unpaired) electrons. The van der Waals surface area contributed by atoms with Gasteiger partial charge in [0.15, 0.2) is 0 Å². The summed E-state index contributed by atoms with van der Waals surface area (Å²) < 4.78 is 13.9. The lowest BCUT2D eigenvalue weighted by Gasteiger charge is -2.72. The Morgan fingerprint density at radius 3 is 2.17 bits per heavy atom. The summed E-state index contributed by atoms with van der Waals surface area (Å²) in [7, 11) is 0. The first-order valence-electron chi connectivity index (χ1n) is 7.25. The zero-order valence-electron chi connectivity index (χ0n) is 12.3. The second-order valence-corrected chi connectivity index (χ2v) is 12.2. The molecule has 11 heteroatoms. The van der Waals surface area contributed by atoms with Crippen molar-refractivity contribution in [2.75, 3.05) is 0 Å². The van der Waals surface area contributed by atoms with Gasteiger partial charge in [0.05, 0.1) is 17.6 Å². The van der Waals surface area contributed by atoms with E-state index < -0.39 is 29.9 Å². The molecule has 0 spiro atoms. The van der Waals surface area contributed by atoms with Crippen molar-refractivity contribution in [3.8, 4) is 0 Å². The summed E-state index contributed by atoms with van der Waals surface area (Å²) in [6, 6.07) is 0. The van der Waals surface area contributed by atoms with Crippen LogP contribution in [0.3, 0.4) is 0 Å². The highest BCUT2D eigenvalue weighted by atomic mass is 35.6. The number of hydrogen-bond donors (Lipinski definition) is 0. The van der Waals surface area contributed by atoms with Gasteiger partial charge in [-0.15, -0.1) is 0 Å². The smallest absolute Gasteiger partial charge is 0.244 e. The molecule has 3 fully saturated rings. The van der Waals surface area contributed by atoms with Crippen LogP contribution >= 0.6 is 92.8 Å². The van der Waals surface area contributed by atoms with Crippen LogP contribution < -0.4 is 0 Å². The predicted octanol–water partition coefficient (Wildman–Crippen LogP) is 6.17. The third-order valence-corrected chi connectivity index (χ3v) is 7.08. The van der Waals surface area contributed by atoms with Crippen molar-refractivity contribution in [1.82, 2.24) is 0 Å². The molecule has 1 aliphatic carbocycles. The molecule has 0 amide bonds. The topological polar surface area (TPSA) is 27.7 Å². The summed E-state index contributed by atoms with van der Waals surface area (Å²) in [4.78, 5) is 0. The van der Waals surface area contributed by atoms with Gasteiger partial charge in [-0.1, -0.05) is 99.7 Å². The Morgan fingerprint density at radius 2 is 1.67 bits per heavy atom. The molecule has 3 aliphatic rings. The van der Waals surface area contributed by atoms with Crippen LogP contribution in [-0.2, 0) is 14.2 Å². The fraction of sp³-hybridized carbons (Fsp3) is 1.00. The summed E-state index contributed by atoms with van der Waals surface area (Å²) in [6.07, 6.45) is 0.465. The second-order valence-electron chi connectivity index (χ2n) is 6.53. The molecular weight excluding hydrogens is 488 g/mol. The maximum absolute atomic E-state index is 6.23. The quantitative estimate of drug-likeness (QED) is 0.423. The van der Waals surface area contributed by atoms with Gasteiger partial charge in [0, 0.05) is 0 Å². The fourth-order valence-corrected chi connectivity index (χ4v) is 5.82. The molecule has 2 aliphatic heterocycles. The first kappa shape index (κ1) is 20.9. The number of alkyl halides is 8. The van der Waals surface area contributed by atoms with Gasteiger partial charge in [0.2, 0.25) is 18.4 Å². The molecule has 0 N–H and O–H groups in total. The predicted molar refractivity (Wildman–Crippen MR) is 98.9 cm³/mol. The first-order chi connectivity index (χ1) is 10.8. The average Bonchev–Trinajstić information content (AvgIpc) is 2.38. The Labute approximate surface area is 180 Å². The number of rotatable bonds is 2. The van der Waals surface area contributed by atoms with Crippen molar-refractivity contribution in [1.29, 1.82) is 0 Å². The molecule has 2 saturated heterocycles. The minimum atomic E-state index is -1.88. The van der Waals surface area contributed by atoms with Crippen LogP contribution in [0.2, 0.25) is 0 Å². The molecule has 24 heavy (non-hydrogen) atoms. The van der Waals surface area contributed by atoms with E-state index in [1.807, 2.05) is 6.92 Å². The zero-order chi connectivity index (χ0) is 18.1. The van der Waals surface area contributed by atoms with E-state index in [9.17, 15) is 0 Å². The van der Waals surface area contributed by atoms with Gasteiger partial charge in [-0.2, -0.15) is 0 Å². The van der Waals surface area contributed by atoms with Crippen LogP contribution in [0.5, 0.6) is 0 Å². The molecule has 0 aromatic carbocycles. The van der Waals surface area contributed by atoms with Crippen molar-refractivity contribution in [2.24, 2.45) is 11.3 Å². The highest BCUT2D eigenvalue weighted by Crippen LogP contribution is 2.71. The third-order valence-electron chi connectivity index (χ3n) is 5.40. The summed E-state index contributed by atoms with van der Waals surface area (Å²) in [6.45, 7) is 1.94. The molecule has 0 bridgehead atoms. The van der Waals surface area contributed by atoms with E-state index in [0.717, 1.165) is 6.42 Å². The fourth-order valence-electron chi connectivity index (χ4n) is 4.27. The van der Waals surface area contributed by atoms with Gasteiger partial charge in [0.1, 0.15) is 6.10 Å². The van der Waals surface area contributed by atoms with Crippen LogP contribution in [0.1, 0.15) is 26.2 Å². The minimum Gasteiger partial charge on any atom is -0.343 e. The van der Waals surface area contributed by atoms with E-state index in [4.69, 9.17) is 107 Å². The van der Waals surface area contributed by atoms with Crippen LogP contribution in [0.15, 0.2) is 0 Å². The SMILES string of the molecule is C[C@]12[C@H]3CC[C@H](OC(Cl)Cl)[C@H]1O[C@@]2(C(Cl)(Cl)Cl)O[C@@H](C(Cl)(Cl)Cl)C3. The summed E-state index contributed by atoms with van der Waals surface area (Å²) in [5.74, 6) is -1.48. The van der Waals surface area contributed by atoms with Gasteiger partial charge in [-0.3, -0.25) is 0 Å². The van der Waals surface area contributed by atoms with Gasteiger partial charge in [0.25, 0.3) is 0 Å². The van der Waals surface area contributed by atoms with E-state index in [2.05, 4.69) is 0 Å². The zero-order valence-corrected chi connectivity index (χ0v) is 18.3. The van der Waals surface area contributed by atoms with Crippen LogP contribution in [0.25, 0.3) is 0 Å². The molecule has 0 unspecified atom stereocenters. The van der Waals surface area contributed by atoms with E-state index in [1.165, 1.54) is 0 Å². The highest BCUT2D eigenvalue weighted by molar-refractivity contribution is 6.69. The molecule has 1 saturated carbocycles.